The first-order valence-corrected chi connectivity index (χ1v) is 20.9. The average Bonchev–Trinajstić information content (AvgIpc) is 3.85. The van der Waals surface area contributed by atoms with Gasteiger partial charge in [0.25, 0.3) is 0 Å². The second-order valence-electron chi connectivity index (χ2n) is 15.7. The molecule has 0 aliphatic rings. The molecule has 0 aliphatic heterocycles. The fourth-order valence-corrected chi connectivity index (χ4v) is 9.66. The zero-order chi connectivity index (χ0) is 40.3. The lowest BCUT2D eigenvalue weighted by molar-refractivity contribution is 1.15. The summed E-state index contributed by atoms with van der Waals surface area (Å²) in [5.41, 5.74) is 14.9. The molecule has 3 nitrogen and oxygen atoms in total. The number of rotatable bonds is 7. The highest BCUT2D eigenvalue weighted by molar-refractivity contribution is 6.12. The number of benzene rings is 10. The van der Waals surface area contributed by atoms with Gasteiger partial charge in [0.2, 0.25) is 0 Å². The Bertz CT molecular complexity index is 3540. The summed E-state index contributed by atoms with van der Waals surface area (Å²) in [7, 11) is 0. The summed E-state index contributed by atoms with van der Waals surface area (Å²) in [6.45, 7) is 0. The Balaban J connectivity index is 1.14. The van der Waals surface area contributed by atoms with Crippen LogP contribution in [0.15, 0.2) is 237 Å². The van der Waals surface area contributed by atoms with Gasteiger partial charge in [-0.05, 0) is 99.8 Å². The van der Waals surface area contributed by atoms with E-state index in [1.807, 2.05) is 0 Å². The Morgan fingerprint density at radius 1 is 0.311 bits per heavy atom. The molecule has 0 N–H and O–H groups in total. The molecule has 10 aromatic carbocycles. The predicted molar refractivity (Wildman–Crippen MR) is 258 cm³/mol. The largest absolute Gasteiger partial charge is 0.309 e. The topological polar surface area (TPSA) is 13.1 Å². The van der Waals surface area contributed by atoms with E-state index in [9.17, 15) is 0 Å². The van der Waals surface area contributed by atoms with Crippen LogP contribution in [0.1, 0.15) is 0 Å². The standard InChI is InChI=1S/C58H39N3/c1-3-18-40(19-4-1)46-29-16-20-41-21-17-30-47(58(41)46)42-22-15-25-44(38-42)59(45-36-37-51-50-28-7-10-31-52(50)60(57(51)39-45)43-23-5-2-6-24-43)55-34-13-14-35-56(55)61-53-32-11-8-26-48(53)49-27-9-12-33-54(49)61/h1-39H. The molecule has 0 unspecified atom stereocenters. The molecule has 0 fully saturated rings. The van der Waals surface area contributed by atoms with E-state index in [0.29, 0.717) is 0 Å². The summed E-state index contributed by atoms with van der Waals surface area (Å²) in [4.78, 5) is 2.46. The molecule has 61 heavy (non-hydrogen) atoms. The van der Waals surface area contributed by atoms with Gasteiger partial charge >= 0.3 is 0 Å². The summed E-state index contributed by atoms with van der Waals surface area (Å²) >= 11 is 0. The quantitative estimate of drug-likeness (QED) is 0.157. The third-order valence-corrected chi connectivity index (χ3v) is 12.3. The van der Waals surface area contributed by atoms with Crippen LogP contribution < -0.4 is 4.90 Å². The van der Waals surface area contributed by atoms with Crippen LogP contribution >= 0.6 is 0 Å². The molecular formula is C58H39N3. The predicted octanol–water partition coefficient (Wildman–Crippen LogP) is 15.8. The highest BCUT2D eigenvalue weighted by Gasteiger charge is 2.23. The van der Waals surface area contributed by atoms with Gasteiger partial charge in [-0.3, -0.25) is 0 Å². The third kappa shape index (κ3) is 5.66. The summed E-state index contributed by atoms with van der Waals surface area (Å²) in [6, 6.07) is 86.0. The number of fused-ring (bicyclic) bond motifs is 7. The van der Waals surface area contributed by atoms with Crippen LogP contribution in [0, 0.1) is 0 Å². The average molecular weight is 778 g/mol. The maximum absolute atomic E-state index is 2.46. The van der Waals surface area contributed by atoms with Gasteiger partial charge in [-0.2, -0.15) is 0 Å². The van der Waals surface area contributed by atoms with Crippen molar-refractivity contribution in [1.82, 2.24) is 9.13 Å². The fraction of sp³-hybridized carbons (Fsp3) is 0. The molecule has 3 heteroatoms. The molecule has 0 saturated heterocycles. The first-order valence-electron chi connectivity index (χ1n) is 20.9. The smallest absolute Gasteiger partial charge is 0.0702 e. The summed E-state index contributed by atoms with van der Waals surface area (Å²) in [5.74, 6) is 0. The summed E-state index contributed by atoms with van der Waals surface area (Å²) in [6.07, 6.45) is 0. The first-order chi connectivity index (χ1) is 30.3. The maximum atomic E-state index is 2.46. The molecule has 286 valence electrons. The van der Waals surface area contributed by atoms with Crippen molar-refractivity contribution in [2.45, 2.75) is 0 Å². The van der Waals surface area contributed by atoms with Gasteiger partial charge in [0.15, 0.2) is 0 Å². The molecule has 0 atom stereocenters. The highest BCUT2D eigenvalue weighted by Crippen LogP contribution is 2.45. The lowest BCUT2D eigenvalue weighted by Gasteiger charge is -2.29. The normalized spacial score (nSPS) is 11.6. The van der Waals surface area contributed by atoms with Crippen molar-refractivity contribution in [2.75, 3.05) is 4.90 Å². The minimum absolute atomic E-state index is 1.07. The molecule has 0 spiro atoms. The van der Waals surface area contributed by atoms with Crippen LogP contribution in [0.3, 0.4) is 0 Å². The molecular weight excluding hydrogens is 739 g/mol. The third-order valence-electron chi connectivity index (χ3n) is 12.3. The molecule has 0 saturated carbocycles. The number of aromatic nitrogens is 2. The number of hydrogen-bond donors (Lipinski definition) is 0. The van der Waals surface area contributed by atoms with Crippen molar-refractivity contribution in [1.29, 1.82) is 0 Å². The lowest BCUT2D eigenvalue weighted by Crippen LogP contribution is -2.13. The fourth-order valence-electron chi connectivity index (χ4n) is 9.66. The second-order valence-corrected chi connectivity index (χ2v) is 15.7. The van der Waals surface area contributed by atoms with Gasteiger partial charge in [0.05, 0.1) is 33.4 Å². The Kier molecular flexibility index (Phi) is 8.17. The summed E-state index contributed by atoms with van der Waals surface area (Å²) in [5, 5.41) is 7.39. The molecule has 12 aromatic rings. The van der Waals surface area contributed by atoms with Crippen LogP contribution in [0.2, 0.25) is 0 Å². The molecule has 0 bridgehead atoms. The van der Waals surface area contributed by atoms with Crippen LogP contribution in [0.25, 0.3) is 88.0 Å². The van der Waals surface area contributed by atoms with Crippen molar-refractivity contribution in [2.24, 2.45) is 0 Å². The Morgan fingerprint density at radius 2 is 0.820 bits per heavy atom. The number of para-hydroxylation sites is 6. The van der Waals surface area contributed by atoms with E-state index >= 15 is 0 Å². The minimum atomic E-state index is 1.07. The molecule has 2 aromatic heterocycles. The molecule has 12 rings (SSSR count). The number of hydrogen-bond acceptors (Lipinski definition) is 1. The van der Waals surface area contributed by atoms with Crippen molar-refractivity contribution >= 4 is 71.4 Å². The van der Waals surface area contributed by atoms with E-state index in [0.717, 1.165) is 39.5 Å². The monoisotopic (exact) mass is 777 g/mol. The summed E-state index contributed by atoms with van der Waals surface area (Å²) < 4.78 is 4.84. The van der Waals surface area contributed by atoms with E-state index in [2.05, 4.69) is 251 Å². The zero-order valence-electron chi connectivity index (χ0n) is 33.4. The number of nitrogens with zero attached hydrogens (tertiary/aromatic N) is 3. The van der Waals surface area contributed by atoms with Crippen molar-refractivity contribution in [3.05, 3.63) is 237 Å². The van der Waals surface area contributed by atoms with Gasteiger partial charge in [-0.1, -0.05) is 170 Å². The second kappa shape index (κ2) is 14.3. The van der Waals surface area contributed by atoms with E-state index in [-0.39, 0.29) is 0 Å². The Hall–Kier alpha value is -8.14. The van der Waals surface area contributed by atoms with Crippen molar-refractivity contribution < 1.29 is 0 Å². The highest BCUT2D eigenvalue weighted by atomic mass is 15.2. The zero-order valence-corrected chi connectivity index (χ0v) is 33.4. The molecule has 0 amide bonds. The van der Waals surface area contributed by atoms with Gasteiger partial charge in [0, 0.05) is 38.6 Å². The Morgan fingerprint density at radius 3 is 1.51 bits per heavy atom. The van der Waals surface area contributed by atoms with Crippen LogP contribution in [-0.2, 0) is 0 Å². The maximum Gasteiger partial charge on any atom is 0.0702 e. The van der Waals surface area contributed by atoms with E-state index < -0.39 is 0 Å². The van der Waals surface area contributed by atoms with Gasteiger partial charge < -0.3 is 14.0 Å². The lowest BCUT2D eigenvalue weighted by atomic mass is 9.91. The minimum Gasteiger partial charge on any atom is -0.309 e. The van der Waals surface area contributed by atoms with E-state index in [1.54, 1.807) is 0 Å². The molecule has 0 radical (unpaired) electrons. The van der Waals surface area contributed by atoms with Crippen LogP contribution in [-0.4, -0.2) is 9.13 Å². The van der Waals surface area contributed by atoms with Crippen LogP contribution in [0.5, 0.6) is 0 Å². The van der Waals surface area contributed by atoms with E-state index in [4.69, 9.17) is 0 Å². The van der Waals surface area contributed by atoms with Crippen LogP contribution in [0.4, 0.5) is 17.1 Å². The Labute approximate surface area is 354 Å². The molecule has 2 heterocycles. The van der Waals surface area contributed by atoms with E-state index in [1.165, 1.54) is 65.6 Å². The van der Waals surface area contributed by atoms with Gasteiger partial charge in [0.1, 0.15) is 0 Å². The van der Waals surface area contributed by atoms with Gasteiger partial charge in [-0.15, -0.1) is 0 Å². The van der Waals surface area contributed by atoms with Crippen molar-refractivity contribution in [3.8, 4) is 33.6 Å². The van der Waals surface area contributed by atoms with Crippen molar-refractivity contribution in [3.63, 3.8) is 0 Å². The first kappa shape index (κ1) is 34.9. The number of anilines is 3. The van der Waals surface area contributed by atoms with Gasteiger partial charge in [-0.25, -0.2) is 0 Å². The SMILES string of the molecule is c1ccc(-c2cccc3cccc(-c4cccc(N(c5ccc6c7ccccc7n(-c7ccccc7)c6c5)c5ccccc5-n5c6ccccc6c6ccccc65)c4)c23)cc1. The molecule has 0 aliphatic carbocycles.